The van der Waals surface area contributed by atoms with Gasteiger partial charge in [0.25, 0.3) is 0 Å². The predicted octanol–water partition coefficient (Wildman–Crippen LogP) is 1.91. The average molecular weight is 316 g/mol. The van der Waals surface area contributed by atoms with Crippen LogP contribution in [0.5, 0.6) is 0 Å². The molecule has 3 rings (SSSR count). The zero-order valence-electron chi connectivity index (χ0n) is 9.90. The lowest BCUT2D eigenvalue weighted by atomic mass is 9.83. The van der Waals surface area contributed by atoms with Crippen LogP contribution in [0, 0.1) is 0 Å². The summed E-state index contributed by atoms with van der Waals surface area (Å²) in [6.45, 7) is 1.14. The Morgan fingerprint density at radius 2 is 2.39 bits per heavy atom. The van der Waals surface area contributed by atoms with Crippen molar-refractivity contribution in [2.24, 2.45) is 0 Å². The van der Waals surface area contributed by atoms with Gasteiger partial charge in [-0.25, -0.2) is 4.39 Å². The zero-order chi connectivity index (χ0) is 12.8. The molecule has 0 saturated carbocycles. The molecule has 0 unspecified atom stereocenters. The van der Waals surface area contributed by atoms with Crippen molar-refractivity contribution in [2.75, 3.05) is 31.3 Å². The maximum absolute atomic E-state index is 14.8. The SMILES string of the molecule is OC[C@@]1(F)Cc2ccc(Br)cc2N2CCOC[C@@H]21. The standard InChI is InChI=1S/C13H15BrFNO2/c14-10-2-1-9-6-13(15,8-17)12-7-18-4-3-16(12)11(9)5-10/h1-2,5,12,17H,3-4,6-8H2/t12-,13+/m1/s1. The summed E-state index contributed by atoms with van der Waals surface area (Å²) in [6.07, 6.45) is 0.247. The maximum Gasteiger partial charge on any atom is 0.160 e. The van der Waals surface area contributed by atoms with Crippen molar-refractivity contribution < 1.29 is 14.2 Å². The third-order valence-corrected chi connectivity index (χ3v) is 4.32. The van der Waals surface area contributed by atoms with Crippen LogP contribution in [0.1, 0.15) is 5.56 Å². The van der Waals surface area contributed by atoms with Crippen LogP contribution in [0.15, 0.2) is 22.7 Å². The summed E-state index contributed by atoms with van der Waals surface area (Å²) < 4.78 is 21.2. The average Bonchev–Trinajstić information content (AvgIpc) is 2.40. The first-order chi connectivity index (χ1) is 8.64. The summed E-state index contributed by atoms with van der Waals surface area (Å²) in [6, 6.07) is 5.47. The van der Waals surface area contributed by atoms with Crippen LogP contribution in [0.4, 0.5) is 10.1 Å². The Hall–Kier alpha value is -0.650. The largest absolute Gasteiger partial charge is 0.393 e. The molecule has 0 radical (unpaired) electrons. The van der Waals surface area contributed by atoms with Crippen molar-refractivity contribution >= 4 is 21.6 Å². The highest BCUT2D eigenvalue weighted by molar-refractivity contribution is 9.10. The van der Waals surface area contributed by atoms with E-state index in [2.05, 4.69) is 15.9 Å². The summed E-state index contributed by atoms with van der Waals surface area (Å²) >= 11 is 3.45. The highest BCUT2D eigenvalue weighted by Crippen LogP contribution is 2.40. The molecule has 0 aliphatic carbocycles. The lowest BCUT2D eigenvalue weighted by molar-refractivity contribution is -0.0173. The van der Waals surface area contributed by atoms with E-state index < -0.39 is 18.3 Å². The van der Waals surface area contributed by atoms with Gasteiger partial charge in [-0.1, -0.05) is 22.0 Å². The van der Waals surface area contributed by atoms with Crippen LogP contribution in [0.25, 0.3) is 0 Å². The van der Waals surface area contributed by atoms with E-state index in [9.17, 15) is 9.50 Å². The van der Waals surface area contributed by atoms with Crippen molar-refractivity contribution in [3.05, 3.63) is 28.2 Å². The third kappa shape index (κ3) is 1.85. The molecule has 0 aromatic heterocycles. The van der Waals surface area contributed by atoms with Crippen molar-refractivity contribution in [2.45, 2.75) is 18.1 Å². The van der Waals surface area contributed by atoms with Crippen molar-refractivity contribution in [3.63, 3.8) is 0 Å². The number of morpholine rings is 1. The van der Waals surface area contributed by atoms with Gasteiger partial charge in [-0.15, -0.1) is 0 Å². The van der Waals surface area contributed by atoms with E-state index in [4.69, 9.17) is 4.74 Å². The Balaban J connectivity index is 2.08. The highest BCUT2D eigenvalue weighted by Gasteiger charge is 2.48. The van der Waals surface area contributed by atoms with Crippen molar-refractivity contribution in [1.29, 1.82) is 0 Å². The molecule has 1 aromatic rings. The molecule has 2 aliphatic rings. The van der Waals surface area contributed by atoms with Gasteiger partial charge in [-0.3, -0.25) is 0 Å². The van der Waals surface area contributed by atoms with Gasteiger partial charge in [0, 0.05) is 23.1 Å². The zero-order valence-corrected chi connectivity index (χ0v) is 11.5. The lowest BCUT2D eigenvalue weighted by Crippen LogP contribution is -2.62. The van der Waals surface area contributed by atoms with Gasteiger partial charge in [0.15, 0.2) is 5.67 Å². The molecule has 2 heterocycles. The summed E-state index contributed by atoms with van der Waals surface area (Å²) in [4.78, 5) is 2.03. The number of halogens is 2. The Labute approximate surface area is 114 Å². The van der Waals surface area contributed by atoms with Gasteiger partial charge in [0.05, 0.1) is 25.9 Å². The molecule has 0 bridgehead atoms. The third-order valence-electron chi connectivity index (χ3n) is 3.83. The van der Waals surface area contributed by atoms with Crippen molar-refractivity contribution in [3.8, 4) is 0 Å². The summed E-state index contributed by atoms with van der Waals surface area (Å²) in [5.74, 6) is 0. The number of benzene rings is 1. The molecule has 0 spiro atoms. The van der Waals surface area contributed by atoms with E-state index in [1.54, 1.807) is 0 Å². The minimum absolute atomic E-state index is 0.247. The predicted molar refractivity (Wildman–Crippen MR) is 70.7 cm³/mol. The fourth-order valence-corrected chi connectivity index (χ4v) is 3.22. The quantitative estimate of drug-likeness (QED) is 0.859. The number of nitrogens with zero attached hydrogens (tertiary/aromatic N) is 1. The fraction of sp³-hybridized carbons (Fsp3) is 0.538. The molecule has 98 valence electrons. The minimum Gasteiger partial charge on any atom is -0.393 e. The molecular formula is C13H15BrFNO2. The minimum atomic E-state index is -1.61. The van der Waals surface area contributed by atoms with Crippen LogP contribution in [0.3, 0.4) is 0 Å². The van der Waals surface area contributed by atoms with Gasteiger partial charge in [0.2, 0.25) is 0 Å². The molecule has 18 heavy (non-hydrogen) atoms. The van der Waals surface area contributed by atoms with Gasteiger partial charge in [-0.2, -0.15) is 0 Å². The molecule has 1 fully saturated rings. The number of hydrogen-bond donors (Lipinski definition) is 1. The van der Waals surface area contributed by atoms with Gasteiger partial charge in [-0.05, 0) is 17.7 Å². The maximum atomic E-state index is 14.8. The molecule has 0 amide bonds. The Bertz CT molecular complexity index is 470. The second kappa shape index (κ2) is 4.47. The number of rotatable bonds is 1. The van der Waals surface area contributed by atoms with Crippen LogP contribution >= 0.6 is 15.9 Å². The first kappa shape index (κ1) is 12.4. The van der Waals surface area contributed by atoms with E-state index in [0.717, 1.165) is 15.7 Å². The number of aliphatic hydroxyl groups is 1. The van der Waals surface area contributed by atoms with E-state index in [1.807, 2.05) is 23.1 Å². The smallest absolute Gasteiger partial charge is 0.160 e. The van der Waals surface area contributed by atoms with E-state index in [0.29, 0.717) is 19.8 Å². The second-order valence-corrected chi connectivity index (χ2v) is 5.84. The molecule has 2 atom stereocenters. The molecular weight excluding hydrogens is 301 g/mol. The molecule has 1 aromatic carbocycles. The molecule has 5 heteroatoms. The van der Waals surface area contributed by atoms with Crippen molar-refractivity contribution in [1.82, 2.24) is 0 Å². The number of anilines is 1. The Morgan fingerprint density at radius 3 is 3.17 bits per heavy atom. The van der Waals surface area contributed by atoms with E-state index >= 15 is 0 Å². The number of fused-ring (bicyclic) bond motifs is 3. The lowest BCUT2D eigenvalue weighted by Gasteiger charge is -2.48. The topological polar surface area (TPSA) is 32.7 Å². The second-order valence-electron chi connectivity index (χ2n) is 4.93. The first-order valence-corrected chi connectivity index (χ1v) is 6.86. The Kier molecular flexibility index (Phi) is 3.08. The fourth-order valence-electron chi connectivity index (χ4n) is 2.87. The first-order valence-electron chi connectivity index (χ1n) is 6.07. The molecule has 1 N–H and O–H groups in total. The summed E-state index contributed by atoms with van der Waals surface area (Å²) in [5, 5.41) is 9.40. The van der Waals surface area contributed by atoms with Gasteiger partial charge in [0.1, 0.15) is 0 Å². The molecule has 1 saturated heterocycles. The van der Waals surface area contributed by atoms with Crippen LogP contribution in [-0.4, -0.2) is 43.2 Å². The van der Waals surface area contributed by atoms with Crippen LogP contribution < -0.4 is 4.90 Å². The number of hydrogen-bond acceptors (Lipinski definition) is 3. The molecule has 2 aliphatic heterocycles. The van der Waals surface area contributed by atoms with Crippen LogP contribution in [0.2, 0.25) is 0 Å². The molecule has 3 nitrogen and oxygen atoms in total. The Morgan fingerprint density at radius 1 is 1.56 bits per heavy atom. The van der Waals surface area contributed by atoms with E-state index in [1.165, 1.54) is 0 Å². The summed E-state index contributed by atoms with van der Waals surface area (Å²) in [7, 11) is 0. The van der Waals surface area contributed by atoms with E-state index in [-0.39, 0.29) is 6.42 Å². The number of alkyl halides is 1. The monoisotopic (exact) mass is 315 g/mol. The summed E-state index contributed by atoms with van der Waals surface area (Å²) in [5.41, 5.74) is 0.397. The highest BCUT2D eigenvalue weighted by atomic mass is 79.9. The number of ether oxygens (including phenoxy) is 1. The van der Waals surface area contributed by atoms with Gasteiger partial charge < -0.3 is 14.7 Å². The van der Waals surface area contributed by atoms with Gasteiger partial charge >= 0.3 is 0 Å². The normalized spacial score (nSPS) is 30.8. The number of aliphatic hydroxyl groups excluding tert-OH is 1. The van der Waals surface area contributed by atoms with Crippen LogP contribution in [-0.2, 0) is 11.2 Å².